The Morgan fingerprint density at radius 3 is 2.31 bits per heavy atom. The number of ether oxygens (including phenoxy) is 2. The number of hydrogen-bond donors (Lipinski definition) is 5. The first-order valence-corrected chi connectivity index (χ1v) is 18.0. The highest BCUT2D eigenvalue weighted by molar-refractivity contribution is 7.68. The van der Waals surface area contributed by atoms with Gasteiger partial charge in [0.1, 0.15) is 30.3 Å². The summed E-state index contributed by atoms with van der Waals surface area (Å²) in [5.41, 5.74) is 4.68. The number of nitrogens with two attached hydrogens (primary N) is 1. The Labute approximate surface area is 270 Å². The van der Waals surface area contributed by atoms with E-state index in [-0.39, 0.29) is 18.2 Å². The first-order chi connectivity index (χ1) is 22.4. The van der Waals surface area contributed by atoms with Gasteiger partial charge < -0.3 is 34.6 Å². The highest BCUT2D eigenvalue weighted by Gasteiger charge is 2.60. The maximum atomic E-state index is 14.8. The summed E-state index contributed by atoms with van der Waals surface area (Å²) in [7, 11) is -16.9. The van der Waals surface area contributed by atoms with Gasteiger partial charge >= 0.3 is 41.0 Å². The summed E-state index contributed by atoms with van der Waals surface area (Å²) in [6.07, 6.45) is -6.47. The summed E-state index contributed by atoms with van der Waals surface area (Å²) in [4.78, 5) is 48.2. The van der Waals surface area contributed by atoms with Crippen molar-refractivity contribution in [1.29, 1.82) is 0 Å². The highest BCUT2D eigenvalue weighted by atomic mass is 31.3. The molecule has 2 heterocycles. The van der Waals surface area contributed by atoms with E-state index in [2.05, 4.69) is 23.2 Å². The number of nitrogen functional groups attached to an aromatic ring is 1. The van der Waals surface area contributed by atoms with E-state index in [9.17, 15) is 47.0 Å². The molecular formula is C25H29F2N4O14P3. The van der Waals surface area contributed by atoms with E-state index in [1.165, 1.54) is 24.3 Å². The van der Waals surface area contributed by atoms with Gasteiger partial charge in [0.05, 0.1) is 6.61 Å². The number of anilines is 1. The normalized spacial score (nSPS) is 23.2. The fraction of sp³-hybridized carbons (Fsp3) is 0.320. The first kappa shape index (κ1) is 37.4. The zero-order valence-electron chi connectivity index (χ0n) is 24.6. The van der Waals surface area contributed by atoms with Crippen LogP contribution in [0.3, 0.4) is 0 Å². The number of carbonyl (C=O) groups excluding carboxylic acids is 1. The van der Waals surface area contributed by atoms with Crippen LogP contribution in [0.1, 0.15) is 18.7 Å². The molecule has 6 N–H and O–H groups in total. The molecule has 0 bridgehead atoms. The zero-order chi connectivity index (χ0) is 35.3. The number of alkyl halides is 2. The van der Waals surface area contributed by atoms with E-state index in [4.69, 9.17) is 19.7 Å². The molecule has 0 radical (unpaired) electrons. The second-order valence-corrected chi connectivity index (χ2v) is 14.8. The smallest absolute Gasteiger partial charge is 0.460 e. The second-order valence-electron chi connectivity index (χ2n) is 9.93. The van der Waals surface area contributed by atoms with Crippen molar-refractivity contribution < 1.29 is 69.3 Å². The van der Waals surface area contributed by atoms with Crippen molar-refractivity contribution >= 4 is 35.2 Å². The Morgan fingerprint density at radius 1 is 1.06 bits per heavy atom. The lowest BCUT2D eigenvalue weighted by atomic mass is 10.1. The largest absolute Gasteiger partial charge is 0.490 e. The number of phosphoric ester groups is 1. The highest BCUT2D eigenvalue weighted by Crippen LogP contribution is 2.67. The fourth-order valence-electron chi connectivity index (χ4n) is 4.01. The van der Waals surface area contributed by atoms with Crippen molar-refractivity contribution in [3.8, 4) is 5.75 Å². The number of rotatable bonds is 15. The summed E-state index contributed by atoms with van der Waals surface area (Å²) in [6.45, 7) is -0.410. The van der Waals surface area contributed by atoms with Crippen molar-refractivity contribution in [2.45, 2.75) is 43.9 Å². The number of nitrogens with zero attached hydrogens (tertiary/aromatic N) is 2. The molecule has 4 rings (SSSR count). The van der Waals surface area contributed by atoms with Crippen LogP contribution in [-0.4, -0.2) is 61.2 Å². The molecule has 3 unspecified atom stereocenters. The van der Waals surface area contributed by atoms with Gasteiger partial charge in [-0.2, -0.15) is 27.5 Å². The first-order valence-electron chi connectivity index (χ1n) is 13.5. The number of phosphoric acid groups is 2. The number of benzene rings is 2. The minimum Gasteiger partial charge on any atom is -0.460 e. The monoisotopic (exact) mass is 740 g/mol. The van der Waals surface area contributed by atoms with Gasteiger partial charge in [0.2, 0.25) is 6.23 Å². The standard InChI is InChI=1S/C25H29F2N4O14P3/c1-16(22(33)40-14-17-8-4-2-5-9-17)30-46(35,43-18-10-6-3-7-11-18)44-48(38,39)45-47(36,37)41-15-19-21(32)25(26,27)23(42-19)31-13-12-20(28)29-24(31)34/h2-13,16,19,21,23,32H,14-15H2,1H3,(H,30,35)(H,36,37)(H,38,39)(H2,28,29,34)/t16-,19+,21+,23+,46?/m0/s1. The summed E-state index contributed by atoms with van der Waals surface area (Å²) in [5.74, 6) is -5.68. The molecule has 0 amide bonds. The van der Waals surface area contributed by atoms with E-state index in [0.29, 0.717) is 10.1 Å². The summed E-state index contributed by atoms with van der Waals surface area (Å²) in [6, 6.07) is 14.8. The van der Waals surface area contributed by atoms with Gasteiger partial charge in [0.15, 0.2) is 6.10 Å². The molecule has 1 aromatic heterocycles. The van der Waals surface area contributed by atoms with E-state index in [1.54, 1.807) is 36.4 Å². The summed E-state index contributed by atoms with van der Waals surface area (Å²) >= 11 is 0. The maximum Gasteiger partial charge on any atom is 0.490 e. The molecule has 23 heteroatoms. The van der Waals surface area contributed by atoms with E-state index >= 15 is 0 Å². The van der Waals surface area contributed by atoms with Gasteiger partial charge in [-0.15, -0.1) is 0 Å². The average Bonchev–Trinajstić information content (AvgIpc) is 3.22. The molecule has 0 spiro atoms. The van der Waals surface area contributed by atoms with Crippen LogP contribution in [0.25, 0.3) is 0 Å². The molecule has 3 aromatic rings. The minimum absolute atomic E-state index is 0.192. The zero-order valence-corrected chi connectivity index (χ0v) is 27.2. The number of nitrogens with one attached hydrogen (secondary N) is 1. The Hall–Kier alpha value is -3.38. The van der Waals surface area contributed by atoms with Crippen LogP contribution in [0, 0.1) is 0 Å². The summed E-state index contributed by atoms with van der Waals surface area (Å²) < 4.78 is 97.4. The third-order valence-electron chi connectivity index (χ3n) is 6.20. The van der Waals surface area contributed by atoms with Crippen molar-refractivity contribution in [2.75, 3.05) is 12.3 Å². The van der Waals surface area contributed by atoms with Gasteiger partial charge in [0.25, 0.3) is 0 Å². The molecular weight excluding hydrogens is 711 g/mol. The molecule has 1 aliphatic heterocycles. The van der Waals surface area contributed by atoms with E-state index in [0.717, 1.165) is 19.2 Å². The van der Waals surface area contributed by atoms with Gasteiger partial charge in [-0.25, -0.2) is 18.5 Å². The van der Waals surface area contributed by atoms with Crippen LogP contribution in [0.4, 0.5) is 14.6 Å². The molecule has 18 nitrogen and oxygen atoms in total. The van der Waals surface area contributed by atoms with Crippen LogP contribution < -0.4 is 21.0 Å². The Balaban J connectivity index is 1.43. The Bertz CT molecular complexity index is 1790. The molecule has 262 valence electrons. The van der Waals surface area contributed by atoms with Crippen LogP contribution in [0.2, 0.25) is 0 Å². The van der Waals surface area contributed by atoms with E-state index < -0.39 is 72.1 Å². The van der Waals surface area contributed by atoms with Crippen molar-refractivity contribution in [3.05, 3.63) is 89.0 Å². The van der Waals surface area contributed by atoms with Crippen molar-refractivity contribution in [1.82, 2.24) is 14.6 Å². The molecule has 48 heavy (non-hydrogen) atoms. The van der Waals surface area contributed by atoms with Gasteiger partial charge in [-0.05, 0) is 30.7 Å². The quantitative estimate of drug-likeness (QED) is 0.111. The SMILES string of the molecule is C[C@H](NP(=O)(Oc1ccccc1)OP(=O)(O)OP(=O)(O)OC[C@H]1O[C@@H](n2ccc(N)nc2=O)C(F)(F)[C@@H]1O)C(=O)OCc1ccccc1. The van der Waals surface area contributed by atoms with E-state index in [1.807, 2.05) is 0 Å². The minimum atomic E-state index is -5.95. The van der Waals surface area contributed by atoms with Gasteiger partial charge in [-0.3, -0.25) is 13.9 Å². The number of para-hydroxylation sites is 1. The molecule has 0 saturated carbocycles. The molecule has 1 saturated heterocycles. The third kappa shape index (κ3) is 9.84. The number of carbonyl (C=O) groups is 1. The predicted octanol–water partition coefficient (Wildman–Crippen LogP) is 2.88. The molecule has 7 atom stereocenters. The number of halogens is 2. The van der Waals surface area contributed by atoms with Gasteiger partial charge in [-0.1, -0.05) is 48.5 Å². The van der Waals surface area contributed by atoms with Crippen molar-refractivity contribution in [3.63, 3.8) is 0 Å². The number of hydrogen-bond acceptors (Lipinski definition) is 14. The molecule has 0 aliphatic carbocycles. The predicted molar refractivity (Wildman–Crippen MR) is 159 cm³/mol. The fourth-order valence-corrected chi connectivity index (χ4v) is 8.41. The summed E-state index contributed by atoms with van der Waals surface area (Å²) in [5, 5.41) is 12.2. The van der Waals surface area contributed by atoms with Crippen LogP contribution in [0.15, 0.2) is 77.7 Å². The Kier molecular flexibility index (Phi) is 11.7. The van der Waals surface area contributed by atoms with Gasteiger partial charge in [0, 0.05) is 6.20 Å². The second kappa shape index (κ2) is 15.0. The number of aromatic nitrogens is 2. The number of aliphatic hydroxyl groups excluding tert-OH is 1. The number of esters is 1. The maximum absolute atomic E-state index is 14.8. The van der Waals surface area contributed by atoms with Crippen LogP contribution in [0.5, 0.6) is 5.75 Å². The molecule has 1 aliphatic rings. The average molecular weight is 740 g/mol. The lowest BCUT2D eigenvalue weighted by molar-refractivity contribution is -0.146. The molecule has 1 fully saturated rings. The van der Waals surface area contributed by atoms with Crippen molar-refractivity contribution in [2.24, 2.45) is 0 Å². The lowest BCUT2D eigenvalue weighted by Gasteiger charge is -2.25. The van der Waals surface area contributed by atoms with Crippen LogP contribution >= 0.6 is 23.4 Å². The topological polar surface area (TPSA) is 257 Å². The molecule has 2 aromatic carbocycles. The van der Waals surface area contributed by atoms with Crippen LogP contribution in [-0.2, 0) is 47.7 Å². The third-order valence-corrected chi connectivity index (χ3v) is 11.2. The number of aliphatic hydroxyl groups is 1. The lowest BCUT2D eigenvalue weighted by Crippen LogP contribution is -2.41. The Morgan fingerprint density at radius 2 is 1.69 bits per heavy atom.